The van der Waals surface area contributed by atoms with Gasteiger partial charge in [0, 0.05) is 0 Å². The van der Waals surface area contributed by atoms with E-state index in [9.17, 15) is 4.79 Å². The van der Waals surface area contributed by atoms with Gasteiger partial charge in [-0.15, -0.1) is 12.4 Å². The maximum atomic E-state index is 11.0. The van der Waals surface area contributed by atoms with Gasteiger partial charge in [0.15, 0.2) is 0 Å². The molecular formula is C9H22ClN2O2+. The van der Waals surface area contributed by atoms with E-state index in [1.807, 2.05) is 21.1 Å². The monoisotopic (exact) mass is 225 g/mol. The highest BCUT2D eigenvalue weighted by Gasteiger charge is 2.17. The fourth-order valence-electron chi connectivity index (χ4n) is 1.20. The Hall–Kier alpha value is -0.320. The molecule has 0 saturated carbocycles. The summed E-state index contributed by atoms with van der Waals surface area (Å²) < 4.78 is 5.57. The van der Waals surface area contributed by atoms with E-state index in [0.717, 1.165) is 11.0 Å². The zero-order chi connectivity index (χ0) is 10.5. The summed E-state index contributed by atoms with van der Waals surface area (Å²) in [4.78, 5) is 11.0. The summed E-state index contributed by atoms with van der Waals surface area (Å²) in [5.41, 5.74) is 5.77. The first-order chi connectivity index (χ1) is 5.85. The average molecular weight is 226 g/mol. The third-order valence-electron chi connectivity index (χ3n) is 1.52. The van der Waals surface area contributed by atoms with Crippen molar-refractivity contribution in [3.63, 3.8) is 0 Å². The molecule has 0 bridgehead atoms. The van der Waals surface area contributed by atoms with Crippen molar-refractivity contribution in [3.05, 3.63) is 0 Å². The quantitative estimate of drug-likeness (QED) is 0.544. The number of hydrogen-bond acceptors (Lipinski definition) is 3. The Kier molecular flexibility index (Phi) is 8.10. The minimum Gasteiger partial charge on any atom is -0.466 e. The topological polar surface area (TPSA) is 52.3 Å². The van der Waals surface area contributed by atoms with E-state index < -0.39 is 0 Å². The number of quaternary nitrogens is 1. The maximum Gasteiger partial charge on any atom is 0.307 e. The van der Waals surface area contributed by atoms with Crippen LogP contribution in [0.4, 0.5) is 0 Å². The lowest BCUT2D eigenvalue weighted by Gasteiger charge is -2.26. The second-order valence-corrected chi connectivity index (χ2v) is 4.24. The molecule has 0 aliphatic carbocycles. The number of carbonyl (C=O) groups is 1. The highest BCUT2D eigenvalue weighted by Crippen LogP contribution is 1.98. The zero-order valence-corrected chi connectivity index (χ0v) is 10.3. The van der Waals surface area contributed by atoms with Gasteiger partial charge in [-0.3, -0.25) is 4.79 Å². The van der Waals surface area contributed by atoms with E-state index in [1.165, 1.54) is 0 Å². The Morgan fingerprint density at radius 1 is 1.43 bits per heavy atom. The third kappa shape index (κ3) is 9.77. The molecule has 0 rings (SSSR count). The van der Waals surface area contributed by atoms with E-state index in [-0.39, 0.29) is 24.4 Å². The van der Waals surface area contributed by atoms with Crippen molar-refractivity contribution in [1.82, 2.24) is 0 Å². The van der Waals surface area contributed by atoms with Gasteiger partial charge in [-0.1, -0.05) is 0 Å². The number of halogens is 1. The molecule has 0 aromatic rings. The summed E-state index contributed by atoms with van der Waals surface area (Å²) in [6, 6.07) is -0.112. The second kappa shape index (κ2) is 7.04. The summed E-state index contributed by atoms with van der Waals surface area (Å²) >= 11 is 0. The standard InChI is InChI=1S/C9H21N2O2.ClH/c1-5-13-9(12)6-8(10)7-11(2,3)4;/h8H,5-7,10H2,1-4H3;1H/q+1;/t8-;/m1./s1. The van der Waals surface area contributed by atoms with Crippen molar-refractivity contribution in [3.8, 4) is 0 Å². The Balaban J connectivity index is 0. The minimum atomic E-state index is -0.205. The Labute approximate surface area is 92.4 Å². The molecule has 0 aliphatic rings. The molecule has 0 saturated heterocycles. The predicted octanol–water partition coefficient (Wildman–Crippen LogP) is 0.395. The predicted molar refractivity (Wildman–Crippen MR) is 59.4 cm³/mol. The normalized spacial score (nSPS) is 12.9. The summed E-state index contributed by atoms with van der Waals surface area (Å²) in [6.45, 7) is 3.00. The van der Waals surface area contributed by atoms with Gasteiger partial charge in [0.25, 0.3) is 0 Å². The van der Waals surface area contributed by atoms with Crippen molar-refractivity contribution >= 4 is 18.4 Å². The van der Waals surface area contributed by atoms with E-state index in [4.69, 9.17) is 10.5 Å². The van der Waals surface area contributed by atoms with Gasteiger partial charge in [-0.25, -0.2) is 0 Å². The number of nitrogens with zero attached hydrogens (tertiary/aromatic N) is 1. The molecule has 14 heavy (non-hydrogen) atoms. The molecule has 0 aromatic carbocycles. The van der Waals surface area contributed by atoms with Gasteiger partial charge in [-0.2, -0.15) is 0 Å². The van der Waals surface area contributed by atoms with E-state index >= 15 is 0 Å². The molecule has 1 atom stereocenters. The van der Waals surface area contributed by atoms with E-state index in [2.05, 4.69) is 0 Å². The van der Waals surface area contributed by atoms with Gasteiger partial charge < -0.3 is 15.0 Å². The van der Waals surface area contributed by atoms with Crippen LogP contribution < -0.4 is 5.73 Å². The maximum absolute atomic E-state index is 11.0. The van der Waals surface area contributed by atoms with Gasteiger partial charge in [-0.05, 0) is 6.92 Å². The van der Waals surface area contributed by atoms with Crippen LogP contribution in [0.25, 0.3) is 0 Å². The molecule has 2 N–H and O–H groups in total. The highest BCUT2D eigenvalue weighted by atomic mass is 35.5. The lowest BCUT2D eigenvalue weighted by molar-refractivity contribution is -0.871. The van der Waals surface area contributed by atoms with Crippen molar-refractivity contribution in [2.45, 2.75) is 19.4 Å². The minimum absolute atomic E-state index is 0. The summed E-state index contributed by atoms with van der Waals surface area (Å²) in [7, 11) is 6.14. The molecule has 0 radical (unpaired) electrons. The Bertz CT molecular complexity index is 169. The molecule has 86 valence electrons. The highest BCUT2D eigenvalue weighted by molar-refractivity contribution is 5.85. The number of ether oxygens (including phenoxy) is 1. The van der Waals surface area contributed by atoms with E-state index in [1.54, 1.807) is 6.92 Å². The van der Waals surface area contributed by atoms with Crippen LogP contribution in [-0.4, -0.2) is 50.8 Å². The van der Waals surface area contributed by atoms with Crippen molar-refractivity contribution in [2.24, 2.45) is 5.73 Å². The van der Waals surface area contributed by atoms with Gasteiger partial charge in [0.2, 0.25) is 0 Å². The molecule has 0 heterocycles. The third-order valence-corrected chi connectivity index (χ3v) is 1.52. The van der Waals surface area contributed by atoms with Crippen LogP contribution in [0.2, 0.25) is 0 Å². The van der Waals surface area contributed by atoms with Crippen molar-refractivity contribution in [2.75, 3.05) is 34.3 Å². The molecule has 0 aromatic heterocycles. The number of carbonyl (C=O) groups excluding carboxylic acids is 1. The summed E-state index contributed by atoms with van der Waals surface area (Å²) in [6.07, 6.45) is 0.309. The van der Waals surface area contributed by atoms with Crippen molar-refractivity contribution in [1.29, 1.82) is 0 Å². The summed E-state index contributed by atoms with van der Waals surface area (Å²) in [5, 5.41) is 0. The van der Waals surface area contributed by atoms with Crippen LogP contribution in [0.15, 0.2) is 0 Å². The van der Waals surface area contributed by atoms with Crippen LogP contribution in [0.3, 0.4) is 0 Å². The number of hydrogen-bond donors (Lipinski definition) is 1. The number of nitrogens with two attached hydrogens (primary N) is 1. The Morgan fingerprint density at radius 3 is 2.29 bits per heavy atom. The average Bonchev–Trinajstić information content (AvgIpc) is 1.81. The first-order valence-corrected chi connectivity index (χ1v) is 4.57. The van der Waals surface area contributed by atoms with Gasteiger partial charge >= 0.3 is 5.97 Å². The molecule has 5 heteroatoms. The van der Waals surface area contributed by atoms with Crippen LogP contribution in [0, 0.1) is 0 Å². The van der Waals surface area contributed by atoms with Gasteiger partial charge in [0.05, 0.1) is 46.8 Å². The van der Waals surface area contributed by atoms with Crippen molar-refractivity contribution < 1.29 is 14.0 Å². The Morgan fingerprint density at radius 2 is 1.93 bits per heavy atom. The molecule has 0 fully saturated rings. The second-order valence-electron chi connectivity index (χ2n) is 4.24. The number of esters is 1. The molecule has 0 spiro atoms. The molecular weight excluding hydrogens is 204 g/mol. The van der Waals surface area contributed by atoms with Crippen LogP contribution >= 0.6 is 12.4 Å². The fraction of sp³-hybridized carbons (Fsp3) is 0.889. The number of likely N-dealkylation sites (N-methyl/N-ethyl adjacent to an activating group) is 1. The summed E-state index contributed by atoms with van der Waals surface area (Å²) in [5.74, 6) is -0.205. The molecule has 4 nitrogen and oxygen atoms in total. The molecule has 0 aliphatic heterocycles. The first-order valence-electron chi connectivity index (χ1n) is 4.57. The zero-order valence-electron chi connectivity index (χ0n) is 9.45. The van der Waals surface area contributed by atoms with Crippen LogP contribution in [-0.2, 0) is 9.53 Å². The van der Waals surface area contributed by atoms with Crippen LogP contribution in [0.1, 0.15) is 13.3 Å². The largest absolute Gasteiger partial charge is 0.466 e. The lowest BCUT2D eigenvalue weighted by atomic mass is 10.2. The van der Waals surface area contributed by atoms with Gasteiger partial charge in [0.1, 0.15) is 0 Å². The first kappa shape index (κ1) is 16.1. The number of rotatable bonds is 5. The molecule has 0 amide bonds. The van der Waals surface area contributed by atoms with Crippen LogP contribution in [0.5, 0.6) is 0 Å². The fourth-order valence-corrected chi connectivity index (χ4v) is 1.20. The molecule has 0 unspecified atom stereocenters. The lowest BCUT2D eigenvalue weighted by Crippen LogP contribution is -2.45. The smallest absolute Gasteiger partial charge is 0.307 e. The SMILES string of the molecule is CCOC(=O)C[C@@H](N)C[N+](C)(C)C.Cl. The van der Waals surface area contributed by atoms with E-state index in [0.29, 0.717) is 13.0 Å².